The second kappa shape index (κ2) is 4.16. The molecule has 0 unspecified atom stereocenters. The van der Waals surface area contributed by atoms with E-state index in [2.05, 4.69) is 4.99 Å². The summed E-state index contributed by atoms with van der Waals surface area (Å²) in [7, 11) is 0. The van der Waals surface area contributed by atoms with E-state index in [9.17, 15) is 4.79 Å². The summed E-state index contributed by atoms with van der Waals surface area (Å²) in [5, 5.41) is 0.832. The molecule has 1 heterocycles. The molecule has 0 bridgehead atoms. The molecular formula is C6H6Cl2N2OS. The zero-order chi connectivity index (χ0) is 9.14. The van der Waals surface area contributed by atoms with Crippen LogP contribution in [0.5, 0.6) is 0 Å². The standard InChI is InChI=1S/C6H6Cl2N2OS/c1-12-6-9-5(7)4(3-11)2-10(6)8/h3H,2H2,1H3. The van der Waals surface area contributed by atoms with Gasteiger partial charge in [0.1, 0.15) is 5.16 Å². The summed E-state index contributed by atoms with van der Waals surface area (Å²) in [6.45, 7) is 0.309. The van der Waals surface area contributed by atoms with Gasteiger partial charge in [0.25, 0.3) is 0 Å². The van der Waals surface area contributed by atoms with Gasteiger partial charge in [-0.1, -0.05) is 23.4 Å². The second-order valence-electron chi connectivity index (χ2n) is 2.05. The van der Waals surface area contributed by atoms with Crippen molar-refractivity contribution in [2.45, 2.75) is 0 Å². The average Bonchev–Trinajstić information content (AvgIpc) is 2.08. The summed E-state index contributed by atoms with van der Waals surface area (Å²) < 4.78 is 1.36. The van der Waals surface area contributed by atoms with Crippen LogP contribution in [0.4, 0.5) is 0 Å². The van der Waals surface area contributed by atoms with E-state index in [-0.39, 0.29) is 5.16 Å². The first-order valence-electron chi connectivity index (χ1n) is 3.09. The van der Waals surface area contributed by atoms with Gasteiger partial charge in [-0.15, -0.1) is 0 Å². The Bertz CT molecular complexity index is 264. The molecule has 0 saturated carbocycles. The van der Waals surface area contributed by atoms with E-state index in [1.807, 2.05) is 6.26 Å². The van der Waals surface area contributed by atoms with E-state index in [1.165, 1.54) is 16.2 Å². The maximum Gasteiger partial charge on any atom is 0.180 e. The van der Waals surface area contributed by atoms with Crippen molar-refractivity contribution in [2.24, 2.45) is 4.99 Å². The molecule has 0 atom stereocenters. The highest BCUT2D eigenvalue weighted by atomic mass is 35.5. The Balaban J connectivity index is 2.94. The normalized spacial score (nSPS) is 17.9. The van der Waals surface area contributed by atoms with Crippen LogP contribution in [0.15, 0.2) is 15.7 Å². The quantitative estimate of drug-likeness (QED) is 0.387. The first-order chi connectivity index (χ1) is 5.69. The van der Waals surface area contributed by atoms with Crippen LogP contribution in [0.2, 0.25) is 0 Å². The fourth-order valence-corrected chi connectivity index (χ4v) is 1.78. The lowest BCUT2D eigenvalue weighted by Crippen LogP contribution is -2.25. The third-order valence-electron chi connectivity index (χ3n) is 1.30. The van der Waals surface area contributed by atoms with Crippen molar-refractivity contribution in [1.82, 2.24) is 4.42 Å². The summed E-state index contributed by atoms with van der Waals surface area (Å²) >= 11 is 12.8. The van der Waals surface area contributed by atoms with Crippen LogP contribution in [-0.2, 0) is 4.79 Å². The molecule has 1 aliphatic rings. The number of rotatable bonds is 1. The number of amidine groups is 1. The minimum Gasteiger partial charge on any atom is -0.298 e. The van der Waals surface area contributed by atoms with Crippen LogP contribution in [0, 0.1) is 0 Å². The third-order valence-corrected chi connectivity index (χ3v) is 2.68. The van der Waals surface area contributed by atoms with E-state index in [0.29, 0.717) is 23.6 Å². The van der Waals surface area contributed by atoms with Gasteiger partial charge in [-0.25, -0.2) is 4.99 Å². The van der Waals surface area contributed by atoms with E-state index in [0.717, 1.165) is 0 Å². The maximum absolute atomic E-state index is 10.4. The van der Waals surface area contributed by atoms with Gasteiger partial charge < -0.3 is 0 Å². The van der Waals surface area contributed by atoms with E-state index in [4.69, 9.17) is 23.4 Å². The minimum absolute atomic E-state index is 0.228. The van der Waals surface area contributed by atoms with E-state index < -0.39 is 0 Å². The fourth-order valence-electron chi connectivity index (χ4n) is 0.723. The van der Waals surface area contributed by atoms with Crippen LogP contribution >= 0.6 is 35.1 Å². The van der Waals surface area contributed by atoms with Gasteiger partial charge in [-0.3, -0.25) is 9.21 Å². The van der Waals surface area contributed by atoms with E-state index >= 15 is 0 Å². The van der Waals surface area contributed by atoms with Gasteiger partial charge in [0.15, 0.2) is 11.5 Å². The molecule has 0 radical (unpaired) electrons. The SMILES string of the molecule is CSC1=NC(Cl)=C(C=O)CN1Cl. The highest BCUT2D eigenvalue weighted by molar-refractivity contribution is 8.13. The highest BCUT2D eigenvalue weighted by Crippen LogP contribution is 2.22. The smallest absolute Gasteiger partial charge is 0.180 e. The predicted octanol–water partition coefficient (Wildman–Crippen LogP) is 1.82. The summed E-state index contributed by atoms with van der Waals surface area (Å²) in [6, 6.07) is 0. The molecule has 0 aromatic rings. The molecule has 0 spiro atoms. The molecule has 0 N–H and O–H groups in total. The number of aliphatic imine (C=N–C) groups is 1. The summed E-state index contributed by atoms with van der Waals surface area (Å²) in [5.41, 5.74) is 0.407. The molecule has 12 heavy (non-hydrogen) atoms. The van der Waals surface area contributed by atoms with Crippen molar-refractivity contribution in [3.8, 4) is 0 Å². The number of hydrogen-bond acceptors (Lipinski definition) is 4. The molecular weight excluding hydrogens is 219 g/mol. The predicted molar refractivity (Wildman–Crippen MR) is 52.5 cm³/mol. The Labute approximate surface area is 84.5 Å². The van der Waals surface area contributed by atoms with Crippen molar-refractivity contribution in [3.05, 3.63) is 10.7 Å². The van der Waals surface area contributed by atoms with Crippen molar-refractivity contribution in [2.75, 3.05) is 12.8 Å². The lowest BCUT2D eigenvalue weighted by Gasteiger charge is -2.20. The van der Waals surface area contributed by atoms with Crippen LogP contribution in [0.1, 0.15) is 0 Å². The lowest BCUT2D eigenvalue weighted by atomic mass is 10.3. The first-order valence-corrected chi connectivity index (χ1v) is 5.03. The molecule has 1 aliphatic heterocycles. The monoisotopic (exact) mass is 224 g/mol. The van der Waals surface area contributed by atoms with Crippen molar-refractivity contribution in [1.29, 1.82) is 0 Å². The van der Waals surface area contributed by atoms with Crippen LogP contribution in [0.25, 0.3) is 0 Å². The van der Waals surface area contributed by atoms with Gasteiger partial charge in [-0.2, -0.15) is 0 Å². The Morgan fingerprint density at radius 2 is 2.42 bits per heavy atom. The molecule has 0 aliphatic carbocycles. The number of carbonyl (C=O) groups is 1. The number of halogens is 2. The van der Waals surface area contributed by atoms with Gasteiger partial charge in [-0.05, 0) is 6.26 Å². The van der Waals surface area contributed by atoms with Crippen LogP contribution in [0.3, 0.4) is 0 Å². The third kappa shape index (κ3) is 1.94. The fraction of sp³-hybridized carbons (Fsp3) is 0.333. The molecule has 0 aromatic carbocycles. The van der Waals surface area contributed by atoms with Gasteiger partial charge in [0, 0.05) is 11.8 Å². The Morgan fingerprint density at radius 3 is 2.92 bits per heavy atom. The number of carbonyl (C=O) groups excluding carboxylic acids is 1. The average molecular weight is 225 g/mol. The number of hydrogen-bond donors (Lipinski definition) is 0. The molecule has 3 nitrogen and oxygen atoms in total. The van der Waals surface area contributed by atoms with Crippen molar-refractivity contribution >= 4 is 46.6 Å². The molecule has 66 valence electrons. The maximum atomic E-state index is 10.4. The Morgan fingerprint density at radius 1 is 1.75 bits per heavy atom. The minimum atomic E-state index is 0.228. The molecule has 0 aromatic heterocycles. The molecule has 0 amide bonds. The first kappa shape index (κ1) is 9.89. The largest absolute Gasteiger partial charge is 0.298 e. The Kier molecular flexibility index (Phi) is 3.43. The summed E-state index contributed by atoms with van der Waals surface area (Å²) in [5.74, 6) is 0. The second-order valence-corrected chi connectivity index (χ2v) is 3.59. The molecule has 0 fully saturated rings. The van der Waals surface area contributed by atoms with Gasteiger partial charge >= 0.3 is 0 Å². The number of nitrogens with zero attached hydrogens (tertiary/aromatic N) is 2. The summed E-state index contributed by atoms with van der Waals surface area (Å²) in [6.07, 6.45) is 2.50. The van der Waals surface area contributed by atoms with Crippen molar-refractivity contribution < 1.29 is 4.79 Å². The van der Waals surface area contributed by atoms with Gasteiger partial charge in [0.2, 0.25) is 0 Å². The topological polar surface area (TPSA) is 32.7 Å². The zero-order valence-electron chi connectivity index (χ0n) is 6.25. The highest BCUT2D eigenvalue weighted by Gasteiger charge is 2.18. The number of thioether (sulfide) groups is 1. The van der Waals surface area contributed by atoms with E-state index in [1.54, 1.807) is 0 Å². The molecule has 6 heteroatoms. The lowest BCUT2D eigenvalue weighted by molar-refractivity contribution is -0.105. The molecule has 1 rings (SSSR count). The summed E-state index contributed by atoms with van der Waals surface area (Å²) in [4.78, 5) is 14.3. The van der Waals surface area contributed by atoms with Crippen LogP contribution in [-0.4, -0.2) is 28.7 Å². The van der Waals surface area contributed by atoms with Crippen LogP contribution < -0.4 is 0 Å². The molecule has 0 saturated heterocycles. The Hall–Kier alpha value is -0.190. The zero-order valence-corrected chi connectivity index (χ0v) is 8.58. The van der Waals surface area contributed by atoms with Crippen molar-refractivity contribution in [3.63, 3.8) is 0 Å². The number of aldehydes is 1. The van der Waals surface area contributed by atoms with Gasteiger partial charge in [0.05, 0.1) is 12.1 Å².